The van der Waals surface area contributed by atoms with Crippen LogP contribution >= 0.6 is 0 Å². The van der Waals surface area contributed by atoms with Gasteiger partial charge in [0.25, 0.3) is 0 Å². The van der Waals surface area contributed by atoms with Gasteiger partial charge in [0.2, 0.25) is 0 Å². The fourth-order valence-corrected chi connectivity index (χ4v) is 0.127. The number of hydrogen-bond donors (Lipinski definition) is 0. The average molecular weight is 119 g/mol. The third-order valence-corrected chi connectivity index (χ3v) is 0.318. The first-order valence-corrected chi connectivity index (χ1v) is 2.24. The minimum absolute atomic E-state index is 0.464. The standard InChI is InChI=1S/C4H9NO3/c1-4(2,3)7-8-5-6/h1-3H3. The Morgan fingerprint density at radius 1 is 1.38 bits per heavy atom. The van der Waals surface area contributed by atoms with Gasteiger partial charge in [0.1, 0.15) is 5.60 Å². The van der Waals surface area contributed by atoms with Crippen LogP contribution < -0.4 is 0 Å². The van der Waals surface area contributed by atoms with Crippen LogP contribution in [0.3, 0.4) is 0 Å². The van der Waals surface area contributed by atoms with Gasteiger partial charge in [-0.15, -0.1) is 4.91 Å². The van der Waals surface area contributed by atoms with Crippen molar-refractivity contribution in [2.75, 3.05) is 0 Å². The Morgan fingerprint density at radius 3 is 2.00 bits per heavy atom. The van der Waals surface area contributed by atoms with Crippen molar-refractivity contribution >= 4 is 0 Å². The molecular weight excluding hydrogens is 110 g/mol. The lowest BCUT2D eigenvalue weighted by Gasteiger charge is -2.11. The molecule has 0 fully saturated rings. The third-order valence-electron chi connectivity index (χ3n) is 0.318. The molecule has 0 aromatic carbocycles. The molecule has 0 spiro atoms. The fraction of sp³-hybridized carbons (Fsp3) is 1.00. The molecule has 0 aliphatic heterocycles. The van der Waals surface area contributed by atoms with E-state index in [4.69, 9.17) is 0 Å². The molecule has 0 heterocycles. The van der Waals surface area contributed by atoms with Crippen LogP contribution in [0.5, 0.6) is 0 Å². The normalized spacial score (nSPS) is 10.9. The van der Waals surface area contributed by atoms with E-state index in [-0.39, 0.29) is 0 Å². The Balaban J connectivity index is 3.24. The molecule has 8 heavy (non-hydrogen) atoms. The van der Waals surface area contributed by atoms with Gasteiger partial charge in [-0.1, -0.05) is 0 Å². The van der Waals surface area contributed by atoms with Gasteiger partial charge in [0.15, 0.2) is 5.34 Å². The van der Waals surface area contributed by atoms with Crippen molar-refractivity contribution in [3.8, 4) is 0 Å². The van der Waals surface area contributed by atoms with Crippen molar-refractivity contribution in [1.29, 1.82) is 0 Å². The second-order valence-corrected chi connectivity index (χ2v) is 2.34. The van der Waals surface area contributed by atoms with E-state index in [0.29, 0.717) is 0 Å². The zero-order valence-corrected chi connectivity index (χ0v) is 5.17. The highest BCUT2D eigenvalue weighted by Gasteiger charge is 2.11. The molecule has 0 bridgehead atoms. The molecule has 0 saturated carbocycles. The molecule has 4 nitrogen and oxygen atoms in total. The summed E-state index contributed by atoms with van der Waals surface area (Å²) in [5.41, 5.74) is -0.464. The molecular formula is C4H9NO3. The number of rotatable bonds is 2. The van der Waals surface area contributed by atoms with Crippen LogP contribution in [0.4, 0.5) is 0 Å². The summed E-state index contributed by atoms with van der Waals surface area (Å²) < 4.78 is 0. The molecule has 0 rings (SSSR count). The third kappa shape index (κ3) is 5.36. The average Bonchev–Trinajstić information content (AvgIpc) is 1.59. The lowest BCUT2D eigenvalue weighted by Crippen LogP contribution is -2.17. The van der Waals surface area contributed by atoms with E-state index in [1.54, 1.807) is 20.8 Å². The van der Waals surface area contributed by atoms with Crippen molar-refractivity contribution in [2.24, 2.45) is 5.34 Å². The predicted molar refractivity (Wildman–Crippen MR) is 27.7 cm³/mol. The molecule has 0 aliphatic carbocycles. The molecule has 4 heteroatoms. The topological polar surface area (TPSA) is 47.9 Å². The number of nitrogens with zero attached hydrogens (tertiary/aromatic N) is 1. The van der Waals surface area contributed by atoms with Crippen molar-refractivity contribution in [2.45, 2.75) is 26.4 Å². The molecule has 48 valence electrons. The van der Waals surface area contributed by atoms with E-state index < -0.39 is 5.60 Å². The van der Waals surface area contributed by atoms with Gasteiger partial charge in [-0.05, 0) is 20.8 Å². The zero-order valence-electron chi connectivity index (χ0n) is 5.17. The summed E-state index contributed by atoms with van der Waals surface area (Å²) in [7, 11) is 0. The molecule has 0 aliphatic rings. The summed E-state index contributed by atoms with van der Waals surface area (Å²) >= 11 is 0. The summed E-state index contributed by atoms with van der Waals surface area (Å²) in [6, 6.07) is 0. The Bertz CT molecular complexity index is 75.8. The molecule has 0 amide bonds. The predicted octanol–water partition coefficient (Wildman–Crippen LogP) is 1.41. The Kier molecular flexibility index (Phi) is 2.41. The highest BCUT2D eigenvalue weighted by atomic mass is 17.3. The molecule has 0 aromatic heterocycles. The van der Waals surface area contributed by atoms with E-state index in [0.717, 1.165) is 0 Å². The highest BCUT2D eigenvalue weighted by Crippen LogP contribution is 2.06. The van der Waals surface area contributed by atoms with Gasteiger partial charge >= 0.3 is 0 Å². The molecule has 0 atom stereocenters. The molecule has 0 aromatic rings. The van der Waals surface area contributed by atoms with Crippen LogP contribution in [0.25, 0.3) is 0 Å². The van der Waals surface area contributed by atoms with Crippen LogP contribution in [-0.2, 0) is 9.88 Å². The first-order valence-electron chi connectivity index (χ1n) is 2.24. The minimum atomic E-state index is -0.464. The van der Waals surface area contributed by atoms with Crippen molar-refractivity contribution in [1.82, 2.24) is 0 Å². The quantitative estimate of drug-likeness (QED) is 0.313. The van der Waals surface area contributed by atoms with Crippen molar-refractivity contribution in [3.05, 3.63) is 4.91 Å². The second-order valence-electron chi connectivity index (χ2n) is 2.34. The van der Waals surface area contributed by atoms with E-state index in [1.165, 1.54) is 0 Å². The highest BCUT2D eigenvalue weighted by molar-refractivity contribution is 4.53. The van der Waals surface area contributed by atoms with Gasteiger partial charge < -0.3 is 0 Å². The monoisotopic (exact) mass is 119 g/mol. The van der Waals surface area contributed by atoms with Crippen LogP contribution in [0, 0.1) is 4.91 Å². The maximum Gasteiger partial charge on any atom is 0.190 e. The van der Waals surface area contributed by atoms with E-state index in [2.05, 4.69) is 9.88 Å². The van der Waals surface area contributed by atoms with Crippen molar-refractivity contribution < 1.29 is 9.88 Å². The van der Waals surface area contributed by atoms with Gasteiger partial charge in [-0.2, -0.15) is 9.88 Å². The summed E-state index contributed by atoms with van der Waals surface area (Å²) in [6.45, 7) is 5.24. The Morgan fingerprint density at radius 2 is 1.88 bits per heavy atom. The largest absolute Gasteiger partial charge is 0.190 e. The zero-order chi connectivity index (χ0) is 6.62. The van der Waals surface area contributed by atoms with Gasteiger partial charge in [-0.25, -0.2) is 0 Å². The van der Waals surface area contributed by atoms with Crippen LogP contribution in [0.2, 0.25) is 0 Å². The Labute approximate surface area is 47.6 Å². The summed E-state index contributed by atoms with van der Waals surface area (Å²) in [5, 5.41) is 2.05. The summed E-state index contributed by atoms with van der Waals surface area (Å²) in [4.78, 5) is 17.4. The summed E-state index contributed by atoms with van der Waals surface area (Å²) in [6.07, 6.45) is 0. The molecule has 0 saturated heterocycles. The van der Waals surface area contributed by atoms with Crippen molar-refractivity contribution in [3.63, 3.8) is 0 Å². The van der Waals surface area contributed by atoms with Crippen LogP contribution in [0.1, 0.15) is 20.8 Å². The SMILES string of the molecule is CC(C)(C)OON=O. The lowest BCUT2D eigenvalue weighted by molar-refractivity contribution is -0.351. The lowest BCUT2D eigenvalue weighted by atomic mass is 10.2. The first kappa shape index (κ1) is 7.36. The van der Waals surface area contributed by atoms with E-state index in [1.807, 2.05) is 5.34 Å². The molecule has 0 radical (unpaired) electrons. The Hall–Kier alpha value is -0.640. The fourth-order valence-electron chi connectivity index (χ4n) is 0.127. The van der Waals surface area contributed by atoms with Crippen LogP contribution in [0.15, 0.2) is 5.34 Å². The minimum Gasteiger partial charge on any atom is -0.180 e. The van der Waals surface area contributed by atoms with Gasteiger partial charge in [-0.3, -0.25) is 0 Å². The molecule has 0 unspecified atom stereocenters. The summed E-state index contributed by atoms with van der Waals surface area (Å²) in [5.74, 6) is 0. The molecule has 0 N–H and O–H groups in total. The van der Waals surface area contributed by atoms with Crippen LogP contribution in [-0.4, -0.2) is 5.60 Å². The van der Waals surface area contributed by atoms with Gasteiger partial charge in [0.05, 0.1) is 0 Å². The second kappa shape index (κ2) is 2.61. The maximum atomic E-state index is 9.25. The van der Waals surface area contributed by atoms with E-state index >= 15 is 0 Å². The first-order chi connectivity index (χ1) is 3.56. The van der Waals surface area contributed by atoms with Gasteiger partial charge in [0, 0.05) is 0 Å². The number of hydrogen-bond acceptors (Lipinski definition) is 4. The smallest absolute Gasteiger partial charge is 0.180 e. The maximum absolute atomic E-state index is 9.25. The van der Waals surface area contributed by atoms with E-state index in [9.17, 15) is 4.91 Å².